The molecule has 0 N–H and O–H groups in total. The fourth-order valence-corrected chi connectivity index (χ4v) is 4.06. The van der Waals surface area contributed by atoms with E-state index in [1.807, 2.05) is 0 Å². The van der Waals surface area contributed by atoms with Crippen molar-refractivity contribution in [3.05, 3.63) is 22.8 Å². The van der Waals surface area contributed by atoms with Crippen molar-refractivity contribution in [2.45, 2.75) is 12.8 Å². The number of hydrogen-bond acceptors (Lipinski definition) is 2. The molecule has 2 nitrogen and oxygen atoms in total. The maximum Gasteiger partial charge on any atom is 0.106 e. The average Bonchev–Trinajstić information content (AvgIpc) is 2.66. The zero-order valence-electron chi connectivity index (χ0n) is 7.53. The standard InChI is InChI=1S/C10H13NOS/c12-13-6-5-11-7-8-3-1-2-4-9(8)10(11)13/h2,4,8H,1,3,5-7H2. The molecule has 3 aliphatic rings. The van der Waals surface area contributed by atoms with Gasteiger partial charge in [-0.25, -0.2) is 0 Å². The van der Waals surface area contributed by atoms with E-state index in [9.17, 15) is 4.21 Å². The molecule has 0 aromatic rings. The van der Waals surface area contributed by atoms with Gasteiger partial charge in [-0.1, -0.05) is 12.2 Å². The van der Waals surface area contributed by atoms with Crippen LogP contribution in [0.1, 0.15) is 12.8 Å². The zero-order chi connectivity index (χ0) is 8.84. The number of hydrogen-bond donors (Lipinski definition) is 0. The van der Waals surface area contributed by atoms with Crippen molar-refractivity contribution < 1.29 is 4.21 Å². The molecule has 1 fully saturated rings. The Morgan fingerprint density at radius 3 is 3.38 bits per heavy atom. The minimum atomic E-state index is -0.692. The van der Waals surface area contributed by atoms with Crippen LogP contribution in [0.2, 0.25) is 0 Å². The fourth-order valence-electron chi connectivity index (χ4n) is 2.52. The van der Waals surface area contributed by atoms with Crippen molar-refractivity contribution in [3.63, 3.8) is 0 Å². The van der Waals surface area contributed by atoms with E-state index in [2.05, 4.69) is 17.1 Å². The minimum Gasteiger partial charge on any atom is -0.363 e. The van der Waals surface area contributed by atoms with E-state index in [1.54, 1.807) is 0 Å². The monoisotopic (exact) mass is 195 g/mol. The van der Waals surface area contributed by atoms with Gasteiger partial charge in [-0.05, 0) is 18.4 Å². The molecule has 2 atom stereocenters. The van der Waals surface area contributed by atoms with Gasteiger partial charge in [0.1, 0.15) is 5.03 Å². The lowest BCUT2D eigenvalue weighted by molar-refractivity contribution is 0.380. The van der Waals surface area contributed by atoms with Crippen LogP contribution >= 0.6 is 0 Å². The van der Waals surface area contributed by atoms with E-state index >= 15 is 0 Å². The minimum absolute atomic E-state index is 0.684. The summed E-state index contributed by atoms with van der Waals surface area (Å²) in [6.45, 7) is 2.14. The highest BCUT2D eigenvalue weighted by Crippen LogP contribution is 2.39. The maximum absolute atomic E-state index is 11.7. The van der Waals surface area contributed by atoms with Gasteiger partial charge in [0.2, 0.25) is 0 Å². The summed E-state index contributed by atoms with van der Waals surface area (Å²) < 4.78 is 11.7. The molecule has 0 aromatic heterocycles. The zero-order valence-corrected chi connectivity index (χ0v) is 8.35. The molecule has 1 aliphatic carbocycles. The third kappa shape index (κ3) is 1.03. The Hall–Kier alpha value is -0.570. The maximum atomic E-state index is 11.7. The molecule has 70 valence electrons. The molecule has 3 rings (SSSR count). The Bertz CT molecular complexity index is 332. The van der Waals surface area contributed by atoms with Crippen LogP contribution in [-0.4, -0.2) is 28.0 Å². The second-order valence-corrected chi connectivity index (χ2v) is 5.42. The van der Waals surface area contributed by atoms with Gasteiger partial charge in [-0.2, -0.15) is 0 Å². The highest BCUT2D eigenvalue weighted by Gasteiger charge is 2.37. The molecule has 0 spiro atoms. The van der Waals surface area contributed by atoms with Crippen LogP contribution in [-0.2, 0) is 10.8 Å². The summed E-state index contributed by atoms with van der Waals surface area (Å²) in [5.41, 5.74) is 1.38. The second kappa shape index (κ2) is 2.71. The Labute approximate surface area is 80.8 Å². The van der Waals surface area contributed by atoms with Crippen LogP contribution in [0.3, 0.4) is 0 Å². The Kier molecular flexibility index (Phi) is 1.62. The topological polar surface area (TPSA) is 20.3 Å². The number of allylic oxidation sites excluding steroid dienone is 2. The molecule has 2 aliphatic heterocycles. The van der Waals surface area contributed by atoms with E-state index in [0.717, 1.165) is 23.9 Å². The first-order valence-electron chi connectivity index (χ1n) is 4.90. The second-order valence-electron chi connectivity index (χ2n) is 3.93. The van der Waals surface area contributed by atoms with Gasteiger partial charge < -0.3 is 4.90 Å². The summed E-state index contributed by atoms with van der Waals surface area (Å²) in [6, 6.07) is 0. The number of nitrogens with zero attached hydrogens (tertiary/aromatic N) is 1. The molecule has 3 heteroatoms. The summed E-state index contributed by atoms with van der Waals surface area (Å²) in [5, 5.41) is 1.15. The van der Waals surface area contributed by atoms with Gasteiger partial charge >= 0.3 is 0 Å². The quantitative estimate of drug-likeness (QED) is 0.579. The molecular weight excluding hydrogens is 182 g/mol. The van der Waals surface area contributed by atoms with E-state index in [4.69, 9.17) is 0 Å². The lowest BCUT2D eigenvalue weighted by atomic mass is 9.92. The smallest absolute Gasteiger partial charge is 0.106 e. The first kappa shape index (κ1) is 7.80. The van der Waals surface area contributed by atoms with Gasteiger partial charge in [0.05, 0.1) is 10.8 Å². The largest absolute Gasteiger partial charge is 0.363 e. The summed E-state index contributed by atoms with van der Waals surface area (Å²) in [6.07, 6.45) is 6.87. The van der Waals surface area contributed by atoms with Gasteiger partial charge in [0, 0.05) is 24.8 Å². The molecule has 0 amide bonds. The van der Waals surface area contributed by atoms with Crippen LogP contribution in [0, 0.1) is 5.92 Å². The van der Waals surface area contributed by atoms with Gasteiger partial charge in [0.25, 0.3) is 0 Å². The van der Waals surface area contributed by atoms with Crippen molar-refractivity contribution in [3.8, 4) is 0 Å². The SMILES string of the molecule is O=S1CCN2CC3CCC=CC3=C21. The number of rotatable bonds is 0. The van der Waals surface area contributed by atoms with E-state index in [1.165, 1.54) is 18.4 Å². The van der Waals surface area contributed by atoms with E-state index in [0.29, 0.717) is 5.92 Å². The van der Waals surface area contributed by atoms with Gasteiger partial charge in [0.15, 0.2) is 0 Å². The third-order valence-corrected chi connectivity index (χ3v) is 4.63. The summed E-state index contributed by atoms with van der Waals surface area (Å²) in [5.74, 6) is 1.53. The first-order chi connectivity index (χ1) is 6.36. The lowest BCUT2D eigenvalue weighted by Gasteiger charge is -2.16. The van der Waals surface area contributed by atoms with Gasteiger partial charge in [-0.15, -0.1) is 0 Å². The van der Waals surface area contributed by atoms with Crippen LogP contribution in [0.5, 0.6) is 0 Å². The predicted molar refractivity (Wildman–Crippen MR) is 53.5 cm³/mol. The molecule has 0 radical (unpaired) electrons. The Balaban J connectivity index is 2.09. The lowest BCUT2D eigenvalue weighted by Crippen LogP contribution is -2.19. The highest BCUT2D eigenvalue weighted by molar-refractivity contribution is 7.89. The third-order valence-electron chi connectivity index (χ3n) is 3.16. The molecule has 0 aromatic carbocycles. The predicted octanol–water partition coefficient (Wildman–Crippen LogP) is 1.24. The molecule has 0 saturated carbocycles. The van der Waals surface area contributed by atoms with E-state index < -0.39 is 10.8 Å². The molecular formula is C10H13NOS. The van der Waals surface area contributed by atoms with Crippen LogP contribution in [0.15, 0.2) is 22.8 Å². The van der Waals surface area contributed by atoms with Crippen LogP contribution in [0.25, 0.3) is 0 Å². The molecule has 2 heterocycles. The Morgan fingerprint density at radius 2 is 2.46 bits per heavy atom. The molecule has 2 unspecified atom stereocenters. The Morgan fingerprint density at radius 1 is 1.54 bits per heavy atom. The average molecular weight is 195 g/mol. The molecule has 13 heavy (non-hydrogen) atoms. The van der Waals surface area contributed by atoms with Crippen molar-refractivity contribution in [2.24, 2.45) is 5.92 Å². The van der Waals surface area contributed by atoms with Gasteiger partial charge in [-0.3, -0.25) is 4.21 Å². The van der Waals surface area contributed by atoms with Crippen LogP contribution in [0.4, 0.5) is 0 Å². The van der Waals surface area contributed by atoms with Crippen molar-refractivity contribution in [1.29, 1.82) is 0 Å². The van der Waals surface area contributed by atoms with E-state index in [-0.39, 0.29) is 0 Å². The highest BCUT2D eigenvalue weighted by atomic mass is 32.2. The van der Waals surface area contributed by atoms with Crippen molar-refractivity contribution in [2.75, 3.05) is 18.8 Å². The normalized spacial score (nSPS) is 36.8. The summed E-state index contributed by atoms with van der Waals surface area (Å²) >= 11 is 0. The number of fused-ring (bicyclic) bond motifs is 2. The summed E-state index contributed by atoms with van der Waals surface area (Å²) in [7, 11) is -0.692. The van der Waals surface area contributed by atoms with Crippen LogP contribution < -0.4 is 0 Å². The first-order valence-corrected chi connectivity index (χ1v) is 6.22. The van der Waals surface area contributed by atoms with Crippen molar-refractivity contribution >= 4 is 10.8 Å². The molecule has 0 bridgehead atoms. The fraction of sp³-hybridized carbons (Fsp3) is 0.600. The van der Waals surface area contributed by atoms with Crippen molar-refractivity contribution in [1.82, 2.24) is 4.90 Å². The summed E-state index contributed by atoms with van der Waals surface area (Å²) in [4.78, 5) is 2.33. The molecule has 1 saturated heterocycles.